The van der Waals surface area contributed by atoms with Crippen LogP contribution in [0.1, 0.15) is 12.5 Å². The zero-order chi connectivity index (χ0) is 16.4. The van der Waals surface area contributed by atoms with Crippen molar-refractivity contribution in [2.24, 2.45) is 0 Å². The number of carbonyl (C=O) groups excluding carboxylic acids is 2. The van der Waals surface area contributed by atoms with Gasteiger partial charge in [0.05, 0.1) is 6.54 Å². The molecule has 0 saturated carbocycles. The van der Waals surface area contributed by atoms with Crippen LogP contribution in [0.3, 0.4) is 0 Å². The van der Waals surface area contributed by atoms with E-state index in [0.29, 0.717) is 10.8 Å². The molecule has 2 aromatic rings. The van der Waals surface area contributed by atoms with E-state index in [1.165, 1.54) is 16.2 Å². The summed E-state index contributed by atoms with van der Waals surface area (Å²) in [4.78, 5) is 25.9. The number of carbonyl (C=O) groups is 2. The van der Waals surface area contributed by atoms with Crippen LogP contribution in [-0.2, 0) is 10.3 Å². The highest BCUT2D eigenvalue weighted by atomic mass is 35.5. The number of benzene rings is 1. The highest BCUT2D eigenvalue weighted by molar-refractivity contribution is 7.08. The number of halogens is 1. The Bertz CT molecular complexity index is 735. The summed E-state index contributed by atoms with van der Waals surface area (Å²) in [5.74, 6) is 0.334. The molecule has 1 unspecified atom stereocenters. The smallest absolute Gasteiger partial charge is 0.325 e. The number of nitrogens with zero attached hydrogens (tertiary/aromatic N) is 1. The van der Waals surface area contributed by atoms with E-state index in [9.17, 15) is 9.59 Å². The number of amides is 3. The first-order chi connectivity index (χ1) is 11.0. The van der Waals surface area contributed by atoms with Crippen molar-refractivity contribution in [2.45, 2.75) is 12.5 Å². The van der Waals surface area contributed by atoms with Crippen molar-refractivity contribution in [1.29, 1.82) is 0 Å². The van der Waals surface area contributed by atoms with Gasteiger partial charge in [0.1, 0.15) is 17.9 Å². The van der Waals surface area contributed by atoms with Gasteiger partial charge in [0, 0.05) is 5.02 Å². The van der Waals surface area contributed by atoms with E-state index in [2.05, 4.69) is 5.32 Å². The van der Waals surface area contributed by atoms with Gasteiger partial charge in [-0.15, -0.1) is 0 Å². The van der Waals surface area contributed by atoms with E-state index in [1.54, 1.807) is 31.2 Å². The first kappa shape index (κ1) is 15.8. The largest absolute Gasteiger partial charge is 0.492 e. The molecule has 23 heavy (non-hydrogen) atoms. The van der Waals surface area contributed by atoms with Crippen molar-refractivity contribution in [3.05, 3.63) is 51.7 Å². The summed E-state index contributed by atoms with van der Waals surface area (Å²) in [5, 5.41) is 7.07. The number of rotatable bonds is 5. The third-order valence-corrected chi connectivity index (χ3v) is 4.67. The second-order valence-corrected chi connectivity index (χ2v) is 6.55. The topological polar surface area (TPSA) is 58.6 Å². The van der Waals surface area contributed by atoms with Crippen LogP contribution in [-0.4, -0.2) is 30.0 Å². The standard InChI is InChI=1S/C16H15ClN2O3S/c1-16(11-5-8-23-10-11)14(20)19(15(21)18-16)6-7-22-13-4-2-3-12(17)9-13/h2-5,8-10H,6-7H2,1H3,(H,18,21). The van der Waals surface area contributed by atoms with E-state index in [-0.39, 0.29) is 19.1 Å². The molecule has 1 saturated heterocycles. The monoisotopic (exact) mass is 350 g/mol. The number of urea groups is 1. The lowest BCUT2D eigenvalue weighted by atomic mass is 9.95. The van der Waals surface area contributed by atoms with E-state index in [4.69, 9.17) is 16.3 Å². The van der Waals surface area contributed by atoms with Crippen LogP contribution in [0.4, 0.5) is 4.79 Å². The summed E-state index contributed by atoms with van der Waals surface area (Å²) in [6.45, 7) is 2.10. The molecule has 1 atom stereocenters. The van der Waals surface area contributed by atoms with Crippen LogP contribution in [0, 0.1) is 0 Å². The number of hydrogen-bond acceptors (Lipinski definition) is 4. The first-order valence-corrected chi connectivity index (χ1v) is 8.38. The van der Waals surface area contributed by atoms with E-state index < -0.39 is 11.6 Å². The van der Waals surface area contributed by atoms with E-state index in [1.807, 2.05) is 16.8 Å². The minimum Gasteiger partial charge on any atom is -0.492 e. The Kier molecular flexibility index (Phi) is 4.28. The molecule has 1 aromatic carbocycles. The molecule has 0 bridgehead atoms. The number of thiophene rings is 1. The number of ether oxygens (including phenoxy) is 1. The number of nitrogens with one attached hydrogen (secondary N) is 1. The fraction of sp³-hybridized carbons (Fsp3) is 0.250. The summed E-state index contributed by atoms with van der Waals surface area (Å²) >= 11 is 7.37. The highest BCUT2D eigenvalue weighted by Gasteiger charge is 2.48. The molecule has 1 aliphatic rings. The summed E-state index contributed by atoms with van der Waals surface area (Å²) in [7, 11) is 0. The second kappa shape index (κ2) is 6.22. The Labute approximate surface area is 142 Å². The fourth-order valence-electron chi connectivity index (χ4n) is 2.46. The Morgan fingerprint density at radius 2 is 2.17 bits per heavy atom. The Balaban J connectivity index is 1.65. The van der Waals surface area contributed by atoms with Gasteiger partial charge in [-0.2, -0.15) is 11.3 Å². The predicted octanol–water partition coefficient (Wildman–Crippen LogP) is 3.25. The lowest BCUT2D eigenvalue weighted by Crippen LogP contribution is -2.41. The maximum atomic E-state index is 12.6. The Morgan fingerprint density at radius 3 is 2.87 bits per heavy atom. The molecule has 1 aliphatic heterocycles. The highest BCUT2D eigenvalue weighted by Crippen LogP contribution is 2.30. The zero-order valence-corrected chi connectivity index (χ0v) is 14.0. The van der Waals surface area contributed by atoms with Gasteiger partial charge in [-0.25, -0.2) is 4.79 Å². The second-order valence-electron chi connectivity index (χ2n) is 5.33. The lowest BCUT2D eigenvalue weighted by Gasteiger charge is -2.20. The van der Waals surface area contributed by atoms with Crippen LogP contribution in [0.25, 0.3) is 0 Å². The van der Waals surface area contributed by atoms with Gasteiger partial charge in [-0.05, 0) is 47.5 Å². The van der Waals surface area contributed by atoms with Crippen LogP contribution in [0.15, 0.2) is 41.1 Å². The van der Waals surface area contributed by atoms with Gasteiger partial charge in [0.2, 0.25) is 0 Å². The molecule has 0 aliphatic carbocycles. The minimum atomic E-state index is -1.01. The van der Waals surface area contributed by atoms with Gasteiger partial charge >= 0.3 is 6.03 Å². The average molecular weight is 351 g/mol. The van der Waals surface area contributed by atoms with Crippen LogP contribution >= 0.6 is 22.9 Å². The summed E-state index contributed by atoms with van der Waals surface area (Å²) < 4.78 is 5.55. The summed E-state index contributed by atoms with van der Waals surface area (Å²) in [5.41, 5.74) is -0.216. The van der Waals surface area contributed by atoms with Crippen molar-refractivity contribution in [2.75, 3.05) is 13.2 Å². The normalized spacial score (nSPS) is 20.7. The maximum Gasteiger partial charge on any atom is 0.325 e. The quantitative estimate of drug-likeness (QED) is 0.842. The van der Waals surface area contributed by atoms with Crippen molar-refractivity contribution < 1.29 is 14.3 Å². The van der Waals surface area contributed by atoms with Crippen LogP contribution in [0.5, 0.6) is 5.75 Å². The van der Waals surface area contributed by atoms with Crippen molar-refractivity contribution >= 4 is 34.9 Å². The van der Waals surface area contributed by atoms with Gasteiger partial charge in [0.25, 0.3) is 5.91 Å². The average Bonchev–Trinajstić information content (AvgIpc) is 3.11. The number of hydrogen-bond donors (Lipinski definition) is 1. The van der Waals surface area contributed by atoms with Crippen molar-refractivity contribution in [1.82, 2.24) is 10.2 Å². The molecule has 3 rings (SSSR count). The molecule has 1 fully saturated rings. The molecule has 1 N–H and O–H groups in total. The molecular formula is C16H15ClN2O3S. The summed E-state index contributed by atoms with van der Waals surface area (Å²) in [6.07, 6.45) is 0. The summed E-state index contributed by atoms with van der Waals surface area (Å²) in [6, 6.07) is 8.42. The van der Waals surface area contributed by atoms with Gasteiger partial charge in [0.15, 0.2) is 0 Å². The third-order valence-electron chi connectivity index (χ3n) is 3.75. The molecule has 120 valence electrons. The molecule has 0 spiro atoms. The predicted molar refractivity (Wildman–Crippen MR) is 88.9 cm³/mol. The van der Waals surface area contributed by atoms with Crippen molar-refractivity contribution in [3.8, 4) is 5.75 Å². The molecule has 3 amide bonds. The van der Waals surface area contributed by atoms with Gasteiger partial charge in [-0.1, -0.05) is 17.7 Å². The SMILES string of the molecule is CC1(c2ccsc2)NC(=O)N(CCOc2cccc(Cl)c2)C1=O. The van der Waals surface area contributed by atoms with Crippen LogP contribution < -0.4 is 10.1 Å². The van der Waals surface area contributed by atoms with Gasteiger partial charge < -0.3 is 10.1 Å². The third kappa shape index (κ3) is 3.04. The van der Waals surface area contributed by atoms with Crippen LogP contribution in [0.2, 0.25) is 5.02 Å². The molecule has 5 nitrogen and oxygen atoms in total. The molecule has 0 radical (unpaired) electrons. The zero-order valence-electron chi connectivity index (χ0n) is 12.4. The van der Waals surface area contributed by atoms with E-state index in [0.717, 1.165) is 5.56 Å². The minimum absolute atomic E-state index is 0.177. The lowest BCUT2D eigenvalue weighted by molar-refractivity contribution is -0.131. The number of imide groups is 1. The van der Waals surface area contributed by atoms with Crippen molar-refractivity contribution in [3.63, 3.8) is 0 Å². The van der Waals surface area contributed by atoms with Gasteiger partial charge in [-0.3, -0.25) is 9.69 Å². The Hall–Kier alpha value is -2.05. The van der Waals surface area contributed by atoms with E-state index >= 15 is 0 Å². The molecule has 7 heteroatoms. The molecular weight excluding hydrogens is 336 g/mol. The molecule has 1 aromatic heterocycles. The first-order valence-electron chi connectivity index (χ1n) is 7.06. The fourth-order valence-corrected chi connectivity index (χ4v) is 3.40. The Morgan fingerprint density at radius 1 is 1.35 bits per heavy atom. The maximum absolute atomic E-state index is 12.6. The molecule has 2 heterocycles.